The van der Waals surface area contributed by atoms with Crippen LogP contribution < -0.4 is 21.7 Å². The van der Waals surface area contributed by atoms with Crippen molar-refractivity contribution in [3.8, 4) is 0 Å². The highest BCUT2D eigenvalue weighted by atomic mass is 16.2. The van der Waals surface area contributed by atoms with Crippen molar-refractivity contribution >= 4 is 23.6 Å². The van der Waals surface area contributed by atoms with E-state index in [1.807, 2.05) is 0 Å². The summed E-state index contributed by atoms with van der Waals surface area (Å²) in [5.74, 6) is -1.87. The molecule has 0 aromatic heterocycles. The number of azide groups is 1. The number of hydrogen-bond donors (Lipinski definition) is 4. The molecule has 0 aromatic carbocycles. The zero-order valence-electron chi connectivity index (χ0n) is 15.2. The third-order valence-corrected chi connectivity index (χ3v) is 3.59. The summed E-state index contributed by atoms with van der Waals surface area (Å²) < 4.78 is 0. The summed E-state index contributed by atoms with van der Waals surface area (Å²) in [5, 5.41) is 10.9. The van der Waals surface area contributed by atoms with Gasteiger partial charge in [0, 0.05) is 31.8 Å². The number of hydrogen-bond acceptors (Lipinski definition) is 5. The molecule has 0 bridgehead atoms. The lowest BCUT2D eigenvalue weighted by Crippen LogP contribution is -2.47. The maximum Gasteiger partial charge on any atom is 0.242 e. The molecule has 0 radical (unpaired) electrons. The maximum atomic E-state index is 12.0. The number of rotatable bonds is 13. The van der Waals surface area contributed by atoms with E-state index in [0.29, 0.717) is 25.8 Å². The minimum Gasteiger partial charge on any atom is -0.368 e. The van der Waals surface area contributed by atoms with Gasteiger partial charge >= 0.3 is 0 Å². The molecule has 26 heavy (non-hydrogen) atoms. The molecule has 2 unspecified atom stereocenters. The first-order chi connectivity index (χ1) is 12.3. The fraction of sp³-hybridized carbons (Fsp3) is 0.733. The molecule has 0 rings (SSSR count). The first-order valence-electron chi connectivity index (χ1n) is 8.40. The summed E-state index contributed by atoms with van der Waals surface area (Å²) in [6, 6.07) is -1.63. The molecule has 2 atom stereocenters. The molecule has 146 valence electrons. The van der Waals surface area contributed by atoms with Crippen molar-refractivity contribution in [2.45, 2.75) is 57.5 Å². The zero-order valence-corrected chi connectivity index (χ0v) is 15.2. The van der Waals surface area contributed by atoms with Crippen LogP contribution in [0.15, 0.2) is 5.11 Å². The van der Waals surface area contributed by atoms with Crippen LogP contribution in [0.3, 0.4) is 0 Å². The van der Waals surface area contributed by atoms with Gasteiger partial charge in [0.1, 0.15) is 12.1 Å². The fourth-order valence-electron chi connectivity index (χ4n) is 2.27. The number of unbranched alkanes of at least 4 members (excludes halogenated alkanes) is 2. The van der Waals surface area contributed by atoms with Gasteiger partial charge in [0.15, 0.2) is 0 Å². The van der Waals surface area contributed by atoms with E-state index >= 15 is 0 Å². The van der Waals surface area contributed by atoms with E-state index in [4.69, 9.17) is 11.3 Å². The molecular formula is C15H27N7O4. The van der Waals surface area contributed by atoms with Gasteiger partial charge in [-0.15, -0.1) is 0 Å². The molecule has 0 aliphatic heterocycles. The van der Waals surface area contributed by atoms with Crippen LogP contribution in [0.4, 0.5) is 0 Å². The summed E-state index contributed by atoms with van der Waals surface area (Å²) in [7, 11) is 1.48. The summed E-state index contributed by atoms with van der Waals surface area (Å²) in [4.78, 5) is 48.9. The van der Waals surface area contributed by atoms with Crippen molar-refractivity contribution in [3.63, 3.8) is 0 Å². The third-order valence-electron chi connectivity index (χ3n) is 3.59. The Labute approximate surface area is 152 Å². The quantitative estimate of drug-likeness (QED) is 0.153. The molecule has 0 aliphatic rings. The Morgan fingerprint density at radius 1 is 1.08 bits per heavy atom. The van der Waals surface area contributed by atoms with Crippen molar-refractivity contribution in [1.29, 1.82) is 0 Å². The SMILES string of the molecule is CNC(=O)C(CCCCCN=[N+]=[N-])NC(=O)CCC(NC(C)=O)C(N)=O. The fourth-order valence-corrected chi connectivity index (χ4v) is 2.27. The van der Waals surface area contributed by atoms with Crippen LogP contribution >= 0.6 is 0 Å². The third kappa shape index (κ3) is 10.9. The first kappa shape index (κ1) is 23.2. The van der Waals surface area contributed by atoms with Crippen LogP contribution in [0.25, 0.3) is 10.4 Å². The largest absolute Gasteiger partial charge is 0.368 e. The molecule has 4 amide bonds. The molecule has 0 spiro atoms. The van der Waals surface area contributed by atoms with Crippen LogP contribution in [0, 0.1) is 0 Å². The van der Waals surface area contributed by atoms with Gasteiger partial charge in [-0.2, -0.15) is 0 Å². The number of nitrogens with two attached hydrogens (primary N) is 1. The predicted molar refractivity (Wildman–Crippen MR) is 94.5 cm³/mol. The molecule has 5 N–H and O–H groups in total. The second-order valence-corrected chi connectivity index (χ2v) is 5.73. The van der Waals surface area contributed by atoms with E-state index in [2.05, 4.69) is 26.0 Å². The second-order valence-electron chi connectivity index (χ2n) is 5.73. The van der Waals surface area contributed by atoms with Crippen LogP contribution in [0.5, 0.6) is 0 Å². The van der Waals surface area contributed by atoms with Gasteiger partial charge in [-0.25, -0.2) is 0 Å². The van der Waals surface area contributed by atoms with E-state index in [-0.39, 0.29) is 18.7 Å². The average molecular weight is 369 g/mol. The minimum atomic E-state index is -0.933. The maximum absolute atomic E-state index is 12.0. The van der Waals surface area contributed by atoms with Crippen molar-refractivity contribution < 1.29 is 19.2 Å². The highest BCUT2D eigenvalue weighted by molar-refractivity contribution is 5.88. The lowest BCUT2D eigenvalue weighted by atomic mass is 10.1. The van der Waals surface area contributed by atoms with E-state index in [1.165, 1.54) is 14.0 Å². The topological polar surface area (TPSA) is 179 Å². The van der Waals surface area contributed by atoms with Gasteiger partial charge in [-0.05, 0) is 24.8 Å². The molecule has 0 fully saturated rings. The molecule has 0 aliphatic carbocycles. The van der Waals surface area contributed by atoms with E-state index in [0.717, 1.165) is 6.42 Å². The monoisotopic (exact) mass is 369 g/mol. The Kier molecular flexibility index (Phi) is 12.0. The smallest absolute Gasteiger partial charge is 0.242 e. The Hall–Kier alpha value is -2.81. The molecule has 0 aromatic rings. The standard InChI is InChI=1S/C15H27N7O4/c1-10(23)20-11(14(16)25)7-8-13(24)21-12(15(26)18-2)6-4-3-5-9-19-22-17/h11-12H,3-9H2,1-2H3,(H2,16,25)(H,18,26)(H,20,23)(H,21,24). The Morgan fingerprint density at radius 3 is 2.31 bits per heavy atom. The van der Waals surface area contributed by atoms with E-state index < -0.39 is 29.8 Å². The lowest BCUT2D eigenvalue weighted by Gasteiger charge is -2.18. The van der Waals surface area contributed by atoms with Crippen molar-refractivity contribution in [2.75, 3.05) is 13.6 Å². The Balaban J connectivity index is 4.44. The van der Waals surface area contributed by atoms with Crippen LogP contribution in [-0.2, 0) is 19.2 Å². The van der Waals surface area contributed by atoms with E-state index in [9.17, 15) is 19.2 Å². The van der Waals surface area contributed by atoms with Crippen molar-refractivity contribution in [3.05, 3.63) is 10.4 Å². The van der Waals surface area contributed by atoms with E-state index in [1.54, 1.807) is 0 Å². The highest BCUT2D eigenvalue weighted by Gasteiger charge is 2.21. The zero-order chi connectivity index (χ0) is 19.9. The summed E-state index contributed by atoms with van der Waals surface area (Å²) in [6.45, 7) is 1.64. The number of primary amides is 1. The molecule has 11 nitrogen and oxygen atoms in total. The van der Waals surface area contributed by atoms with Gasteiger partial charge in [-0.1, -0.05) is 18.0 Å². The normalized spacial score (nSPS) is 12.2. The summed E-state index contributed by atoms with van der Waals surface area (Å²) in [5.41, 5.74) is 13.4. The Morgan fingerprint density at radius 2 is 1.77 bits per heavy atom. The molecule has 0 heterocycles. The molecular weight excluding hydrogens is 342 g/mol. The summed E-state index contributed by atoms with van der Waals surface area (Å²) >= 11 is 0. The van der Waals surface area contributed by atoms with Crippen LogP contribution in [0.2, 0.25) is 0 Å². The summed E-state index contributed by atoms with van der Waals surface area (Å²) in [6.07, 6.45) is 2.57. The molecule has 0 saturated carbocycles. The van der Waals surface area contributed by atoms with Gasteiger partial charge in [0.05, 0.1) is 0 Å². The van der Waals surface area contributed by atoms with Gasteiger partial charge < -0.3 is 21.7 Å². The number of carbonyl (C=O) groups excluding carboxylic acids is 4. The van der Waals surface area contributed by atoms with Crippen molar-refractivity contribution in [2.24, 2.45) is 10.8 Å². The number of nitrogens with one attached hydrogen (secondary N) is 3. The lowest BCUT2D eigenvalue weighted by molar-refractivity contribution is -0.129. The molecule has 0 saturated heterocycles. The number of likely N-dealkylation sites (N-methyl/N-ethyl adjacent to an activating group) is 1. The molecule has 11 heteroatoms. The van der Waals surface area contributed by atoms with Gasteiger partial charge in [-0.3, -0.25) is 19.2 Å². The number of nitrogens with zero attached hydrogens (tertiary/aromatic N) is 3. The first-order valence-corrected chi connectivity index (χ1v) is 8.40. The second kappa shape index (κ2) is 13.5. The van der Waals surface area contributed by atoms with Crippen molar-refractivity contribution in [1.82, 2.24) is 16.0 Å². The average Bonchev–Trinajstić information content (AvgIpc) is 2.59. The minimum absolute atomic E-state index is 0.0490. The predicted octanol–water partition coefficient (Wildman–Crippen LogP) is -0.142. The van der Waals surface area contributed by atoms with Crippen LogP contribution in [-0.4, -0.2) is 49.3 Å². The highest BCUT2D eigenvalue weighted by Crippen LogP contribution is 2.06. The number of carbonyl (C=O) groups is 4. The Bertz CT molecular complexity index is 546. The van der Waals surface area contributed by atoms with Gasteiger partial charge in [0.25, 0.3) is 0 Å². The number of amides is 4. The van der Waals surface area contributed by atoms with Gasteiger partial charge in [0.2, 0.25) is 23.6 Å². The van der Waals surface area contributed by atoms with Crippen LogP contribution in [0.1, 0.15) is 45.4 Å².